The summed E-state index contributed by atoms with van der Waals surface area (Å²) in [6, 6.07) is 21.9. The summed E-state index contributed by atoms with van der Waals surface area (Å²) >= 11 is 0. The first-order valence-electron chi connectivity index (χ1n) is 8.05. The van der Waals surface area contributed by atoms with Crippen LogP contribution in [0.2, 0.25) is 0 Å². The van der Waals surface area contributed by atoms with Crippen LogP contribution in [-0.4, -0.2) is 42.0 Å². The second-order valence-electron chi connectivity index (χ2n) is 6.22. The van der Waals surface area contributed by atoms with Crippen molar-refractivity contribution in [3.05, 3.63) is 60.7 Å². The van der Waals surface area contributed by atoms with Gasteiger partial charge in [-0.25, -0.2) is 4.67 Å². The van der Waals surface area contributed by atoms with Gasteiger partial charge in [0.25, 0.3) is 0 Å². The predicted molar refractivity (Wildman–Crippen MR) is 99.5 cm³/mol. The van der Waals surface area contributed by atoms with Gasteiger partial charge in [0.2, 0.25) is 0 Å². The van der Waals surface area contributed by atoms with Crippen LogP contribution in [0.4, 0.5) is 0 Å². The molecule has 0 aromatic heterocycles. The molecule has 5 heteroatoms. The molecular weight excluding hydrogens is 323 g/mol. The Bertz CT molecular complexity index is 615. The van der Waals surface area contributed by atoms with Gasteiger partial charge in [-0.15, -0.1) is 0 Å². The molecule has 2 aliphatic rings. The van der Waals surface area contributed by atoms with Crippen LogP contribution in [0.3, 0.4) is 0 Å². The molecule has 2 heterocycles. The SMILES string of the molecule is CS(C[C@H]1OPN2CCN[C@@H]12)(c1ccccc1)c1ccccc1. The monoisotopic (exact) mass is 346 g/mol. The Labute approximate surface area is 141 Å². The minimum absolute atomic E-state index is 0.274. The van der Waals surface area contributed by atoms with Crippen LogP contribution in [0.5, 0.6) is 0 Å². The maximum atomic E-state index is 6.17. The molecule has 2 aromatic carbocycles. The summed E-state index contributed by atoms with van der Waals surface area (Å²) < 4.78 is 8.62. The minimum atomic E-state index is -1.11. The topological polar surface area (TPSA) is 24.5 Å². The highest BCUT2D eigenvalue weighted by Crippen LogP contribution is 2.61. The highest BCUT2D eigenvalue weighted by Gasteiger charge is 2.41. The average Bonchev–Trinajstić information content (AvgIpc) is 3.21. The van der Waals surface area contributed by atoms with Crippen molar-refractivity contribution in [2.24, 2.45) is 0 Å². The highest BCUT2D eigenvalue weighted by atomic mass is 32.3. The molecule has 0 bridgehead atoms. The largest absolute Gasteiger partial charge is 0.339 e. The van der Waals surface area contributed by atoms with Gasteiger partial charge in [0.05, 0.1) is 15.1 Å². The van der Waals surface area contributed by atoms with E-state index in [9.17, 15) is 0 Å². The molecule has 2 aromatic rings. The summed E-state index contributed by atoms with van der Waals surface area (Å²) in [5, 5.41) is 3.62. The van der Waals surface area contributed by atoms with Gasteiger partial charge in [-0.2, -0.15) is 10.0 Å². The first kappa shape index (κ1) is 15.6. The van der Waals surface area contributed by atoms with Gasteiger partial charge in [0.1, 0.15) is 6.10 Å². The van der Waals surface area contributed by atoms with Crippen molar-refractivity contribution < 1.29 is 4.52 Å². The second kappa shape index (κ2) is 6.54. The number of hydrogen-bond acceptors (Lipinski definition) is 3. The summed E-state index contributed by atoms with van der Waals surface area (Å²) in [5.41, 5.74) is 0. The number of rotatable bonds is 4. The average molecular weight is 346 g/mol. The molecule has 2 aliphatic heterocycles. The quantitative estimate of drug-likeness (QED) is 0.855. The summed E-state index contributed by atoms with van der Waals surface area (Å²) in [4.78, 5) is 2.88. The third-order valence-corrected chi connectivity index (χ3v) is 9.50. The van der Waals surface area contributed by atoms with Crippen molar-refractivity contribution in [3.63, 3.8) is 0 Å². The van der Waals surface area contributed by atoms with E-state index in [0.29, 0.717) is 15.1 Å². The van der Waals surface area contributed by atoms with Gasteiger partial charge in [0, 0.05) is 18.8 Å². The molecule has 4 rings (SSSR count). The zero-order valence-electron chi connectivity index (χ0n) is 13.3. The summed E-state index contributed by atoms with van der Waals surface area (Å²) in [6.45, 7) is 2.20. The van der Waals surface area contributed by atoms with Crippen LogP contribution >= 0.6 is 19.0 Å². The molecule has 0 spiro atoms. The van der Waals surface area contributed by atoms with Gasteiger partial charge >= 0.3 is 0 Å². The fourth-order valence-electron chi connectivity index (χ4n) is 3.44. The molecule has 2 fully saturated rings. The number of hydrogen-bond donors (Lipinski definition) is 1. The number of nitrogens with zero attached hydrogens (tertiary/aromatic N) is 1. The standard InChI is InChI=1S/C18H23N2OPS/c1-23(15-8-4-2-5-9-15,16-10-6-3-7-11-16)14-17-18-19-12-13-20(18)22-21-17/h2-11,17-19,22H,12-14H2,1H3/t17-,18-/m1/s1. The van der Waals surface area contributed by atoms with E-state index in [1.54, 1.807) is 0 Å². The zero-order chi connectivity index (χ0) is 15.7. The van der Waals surface area contributed by atoms with Crippen LogP contribution in [0, 0.1) is 0 Å². The Morgan fingerprint density at radius 2 is 1.70 bits per heavy atom. The molecule has 0 radical (unpaired) electrons. The van der Waals surface area contributed by atoms with Crippen LogP contribution in [0.15, 0.2) is 70.5 Å². The molecular formula is C18H23N2OPS. The Hall–Kier alpha value is -0.900. The zero-order valence-corrected chi connectivity index (χ0v) is 15.1. The minimum Gasteiger partial charge on any atom is -0.339 e. The maximum Gasteiger partial charge on any atom is 0.100 e. The van der Waals surface area contributed by atoms with E-state index < -0.39 is 10.0 Å². The predicted octanol–water partition coefficient (Wildman–Crippen LogP) is 3.68. The van der Waals surface area contributed by atoms with E-state index in [0.717, 1.165) is 18.8 Å². The van der Waals surface area contributed by atoms with Gasteiger partial charge in [-0.05, 0) is 40.3 Å². The molecule has 3 nitrogen and oxygen atoms in total. The molecule has 0 amide bonds. The smallest absolute Gasteiger partial charge is 0.100 e. The molecule has 3 atom stereocenters. The Kier molecular flexibility index (Phi) is 4.44. The normalized spacial score (nSPS) is 26.5. The molecule has 1 N–H and O–H groups in total. The van der Waals surface area contributed by atoms with Crippen LogP contribution < -0.4 is 5.32 Å². The van der Waals surface area contributed by atoms with Crippen LogP contribution in [0.25, 0.3) is 0 Å². The molecule has 1 unspecified atom stereocenters. The van der Waals surface area contributed by atoms with Crippen molar-refractivity contribution in [1.29, 1.82) is 0 Å². The third kappa shape index (κ3) is 2.95. The second-order valence-corrected chi connectivity index (χ2v) is 10.7. The molecule has 0 saturated carbocycles. The van der Waals surface area contributed by atoms with Crippen molar-refractivity contribution >= 4 is 19.0 Å². The van der Waals surface area contributed by atoms with E-state index >= 15 is 0 Å². The summed E-state index contributed by atoms with van der Waals surface area (Å²) in [6.07, 6.45) is 3.10. The van der Waals surface area contributed by atoms with Crippen LogP contribution in [0.1, 0.15) is 0 Å². The lowest BCUT2D eigenvalue weighted by molar-refractivity contribution is 0.224. The lowest BCUT2D eigenvalue weighted by Gasteiger charge is -2.39. The van der Waals surface area contributed by atoms with E-state index in [4.69, 9.17) is 4.52 Å². The van der Waals surface area contributed by atoms with Crippen LogP contribution in [-0.2, 0) is 4.52 Å². The first-order valence-corrected chi connectivity index (χ1v) is 11.1. The first-order chi connectivity index (χ1) is 11.3. The molecule has 122 valence electrons. The van der Waals surface area contributed by atoms with Gasteiger partial charge < -0.3 is 4.52 Å². The fourth-order valence-corrected chi connectivity index (χ4v) is 7.70. The number of fused-ring (bicyclic) bond motifs is 1. The van der Waals surface area contributed by atoms with Crippen molar-refractivity contribution in [1.82, 2.24) is 9.99 Å². The summed E-state index contributed by atoms with van der Waals surface area (Å²) in [7, 11) is -0.597. The van der Waals surface area contributed by atoms with E-state index in [1.807, 2.05) is 0 Å². The van der Waals surface area contributed by atoms with Crippen molar-refractivity contribution in [2.45, 2.75) is 22.1 Å². The summed E-state index contributed by atoms with van der Waals surface area (Å²) in [5.74, 6) is 1.07. The Morgan fingerprint density at radius 3 is 2.30 bits per heavy atom. The van der Waals surface area contributed by atoms with Gasteiger partial charge in [0.15, 0.2) is 0 Å². The van der Waals surface area contributed by atoms with Crippen molar-refractivity contribution in [3.8, 4) is 0 Å². The number of nitrogens with one attached hydrogen (secondary N) is 1. The maximum absolute atomic E-state index is 6.17. The molecule has 23 heavy (non-hydrogen) atoms. The highest BCUT2D eigenvalue weighted by molar-refractivity contribution is 8.33. The van der Waals surface area contributed by atoms with Crippen molar-refractivity contribution in [2.75, 3.05) is 25.1 Å². The van der Waals surface area contributed by atoms with E-state index in [1.165, 1.54) is 9.79 Å². The molecule has 2 saturated heterocycles. The Morgan fingerprint density at radius 1 is 1.09 bits per heavy atom. The van der Waals surface area contributed by atoms with Gasteiger partial charge in [-0.3, -0.25) is 5.32 Å². The van der Waals surface area contributed by atoms with Gasteiger partial charge in [-0.1, -0.05) is 36.4 Å². The lowest BCUT2D eigenvalue weighted by Crippen LogP contribution is -2.40. The van der Waals surface area contributed by atoms with E-state index in [2.05, 4.69) is 76.9 Å². The Balaban J connectivity index is 1.69. The third-order valence-electron chi connectivity index (χ3n) is 4.74. The lowest BCUT2D eigenvalue weighted by atomic mass is 10.3. The molecule has 0 aliphatic carbocycles. The van der Waals surface area contributed by atoms with E-state index in [-0.39, 0.29) is 6.10 Å². The number of benzene rings is 2. The fraction of sp³-hybridized carbons (Fsp3) is 0.333.